The molecule has 0 amide bonds. The van der Waals surface area contributed by atoms with Gasteiger partial charge in [-0.1, -0.05) is 57.8 Å². The molecule has 0 spiro atoms. The number of carbonyl (C=O) groups is 1. The Morgan fingerprint density at radius 3 is 2.21 bits per heavy atom. The van der Waals surface area contributed by atoms with Gasteiger partial charge in [0.05, 0.1) is 6.61 Å². The van der Waals surface area contributed by atoms with Crippen molar-refractivity contribution in [2.75, 3.05) is 6.61 Å². The quantitative estimate of drug-likeness (QED) is 0.210. The predicted octanol–water partition coefficient (Wildman–Crippen LogP) is 5.19. The highest BCUT2D eigenvalue weighted by Gasteiger charge is 2.01. The van der Waals surface area contributed by atoms with Crippen molar-refractivity contribution in [3.8, 4) is 0 Å². The zero-order valence-corrected chi connectivity index (χ0v) is 12.7. The van der Waals surface area contributed by atoms with Gasteiger partial charge in [0.1, 0.15) is 0 Å². The Kier molecular flexibility index (Phi) is 12.6. The Balaban J connectivity index is 3.17. The van der Waals surface area contributed by atoms with Crippen molar-refractivity contribution in [2.45, 2.75) is 71.6 Å². The van der Waals surface area contributed by atoms with Crippen LogP contribution in [0.1, 0.15) is 71.6 Å². The molecular formula is C17H30O2. The highest BCUT2D eigenvalue weighted by molar-refractivity contribution is 5.86. The van der Waals surface area contributed by atoms with Gasteiger partial charge in [-0.25, -0.2) is 4.79 Å². The standard InChI is InChI=1S/C17H30O2/c1-4-5-6-7-8-9-10-11-12-13-14-15-19-17(18)16(2)3/h7-8H,2,4-6,9-15H2,1,3H3/b8-7+. The number of allylic oxidation sites excluding steroid dienone is 2. The van der Waals surface area contributed by atoms with Crippen LogP contribution in [0.15, 0.2) is 24.3 Å². The minimum absolute atomic E-state index is 0.266. The van der Waals surface area contributed by atoms with Crippen molar-refractivity contribution in [3.05, 3.63) is 24.3 Å². The van der Waals surface area contributed by atoms with Gasteiger partial charge < -0.3 is 4.74 Å². The third kappa shape index (κ3) is 13.2. The number of rotatable bonds is 12. The molecule has 0 fully saturated rings. The van der Waals surface area contributed by atoms with Crippen molar-refractivity contribution < 1.29 is 9.53 Å². The fraction of sp³-hybridized carbons (Fsp3) is 0.706. The van der Waals surface area contributed by atoms with E-state index in [0.29, 0.717) is 12.2 Å². The molecule has 0 radical (unpaired) electrons. The summed E-state index contributed by atoms with van der Waals surface area (Å²) in [6, 6.07) is 0. The van der Waals surface area contributed by atoms with Crippen LogP contribution >= 0.6 is 0 Å². The van der Waals surface area contributed by atoms with Crippen molar-refractivity contribution in [3.63, 3.8) is 0 Å². The van der Waals surface area contributed by atoms with E-state index in [9.17, 15) is 4.79 Å². The highest BCUT2D eigenvalue weighted by atomic mass is 16.5. The molecule has 0 aromatic carbocycles. The van der Waals surface area contributed by atoms with E-state index in [1.807, 2.05) is 0 Å². The van der Waals surface area contributed by atoms with E-state index in [2.05, 4.69) is 25.7 Å². The van der Waals surface area contributed by atoms with Crippen LogP contribution in [-0.4, -0.2) is 12.6 Å². The lowest BCUT2D eigenvalue weighted by atomic mass is 10.1. The third-order valence-electron chi connectivity index (χ3n) is 2.99. The van der Waals surface area contributed by atoms with Gasteiger partial charge in [0.15, 0.2) is 0 Å². The predicted molar refractivity (Wildman–Crippen MR) is 82.1 cm³/mol. The molecule has 0 saturated carbocycles. The summed E-state index contributed by atoms with van der Waals surface area (Å²) in [5.74, 6) is -0.266. The Morgan fingerprint density at radius 2 is 1.58 bits per heavy atom. The number of unbranched alkanes of at least 4 members (excludes halogenated alkanes) is 7. The average molecular weight is 266 g/mol. The lowest BCUT2D eigenvalue weighted by molar-refractivity contribution is -0.139. The molecule has 0 aromatic rings. The second kappa shape index (κ2) is 13.4. The molecule has 0 saturated heterocycles. The molecule has 2 heteroatoms. The summed E-state index contributed by atoms with van der Waals surface area (Å²) >= 11 is 0. The van der Waals surface area contributed by atoms with E-state index in [4.69, 9.17) is 4.74 Å². The van der Waals surface area contributed by atoms with Crippen LogP contribution in [0.5, 0.6) is 0 Å². The fourth-order valence-corrected chi connectivity index (χ4v) is 1.74. The fourth-order valence-electron chi connectivity index (χ4n) is 1.74. The number of hydrogen-bond acceptors (Lipinski definition) is 2. The summed E-state index contributed by atoms with van der Waals surface area (Å²) in [5.41, 5.74) is 0.481. The van der Waals surface area contributed by atoms with E-state index in [1.165, 1.54) is 44.9 Å². The Labute approximate surface area is 118 Å². The van der Waals surface area contributed by atoms with Gasteiger partial charge in [-0.2, -0.15) is 0 Å². The lowest BCUT2D eigenvalue weighted by Gasteiger charge is -2.03. The molecule has 0 aliphatic heterocycles. The third-order valence-corrected chi connectivity index (χ3v) is 2.99. The van der Waals surface area contributed by atoms with Crippen LogP contribution in [0.4, 0.5) is 0 Å². The molecule has 0 aliphatic rings. The largest absolute Gasteiger partial charge is 0.462 e. The van der Waals surface area contributed by atoms with E-state index in [-0.39, 0.29) is 5.97 Å². The Bertz CT molecular complexity index is 266. The zero-order chi connectivity index (χ0) is 14.3. The van der Waals surface area contributed by atoms with Crippen LogP contribution in [0.25, 0.3) is 0 Å². The summed E-state index contributed by atoms with van der Waals surface area (Å²) in [7, 11) is 0. The minimum Gasteiger partial charge on any atom is -0.462 e. The van der Waals surface area contributed by atoms with Crippen molar-refractivity contribution >= 4 is 5.97 Å². The normalized spacial score (nSPS) is 10.8. The molecule has 0 aliphatic carbocycles. The molecule has 0 atom stereocenters. The second-order valence-corrected chi connectivity index (χ2v) is 5.09. The summed E-state index contributed by atoms with van der Waals surface area (Å²) < 4.78 is 5.04. The number of esters is 1. The molecule has 0 rings (SSSR count). The van der Waals surface area contributed by atoms with Crippen molar-refractivity contribution in [2.24, 2.45) is 0 Å². The molecule has 0 bridgehead atoms. The van der Waals surface area contributed by atoms with Gasteiger partial charge >= 0.3 is 5.97 Å². The molecular weight excluding hydrogens is 236 g/mol. The van der Waals surface area contributed by atoms with Crippen LogP contribution in [-0.2, 0) is 9.53 Å². The smallest absolute Gasteiger partial charge is 0.333 e. The summed E-state index contributed by atoms with van der Waals surface area (Å²) in [6.45, 7) is 7.98. The maximum Gasteiger partial charge on any atom is 0.333 e. The van der Waals surface area contributed by atoms with Gasteiger partial charge in [0.25, 0.3) is 0 Å². The topological polar surface area (TPSA) is 26.3 Å². The van der Waals surface area contributed by atoms with E-state index in [1.54, 1.807) is 6.92 Å². The molecule has 19 heavy (non-hydrogen) atoms. The van der Waals surface area contributed by atoms with Crippen molar-refractivity contribution in [1.29, 1.82) is 0 Å². The average Bonchev–Trinajstić information content (AvgIpc) is 2.39. The lowest BCUT2D eigenvalue weighted by Crippen LogP contribution is -2.05. The number of hydrogen-bond donors (Lipinski definition) is 0. The first-order valence-corrected chi connectivity index (χ1v) is 7.66. The second-order valence-electron chi connectivity index (χ2n) is 5.09. The minimum atomic E-state index is -0.266. The van der Waals surface area contributed by atoms with Crippen LogP contribution in [0.2, 0.25) is 0 Å². The summed E-state index contributed by atoms with van der Waals surface area (Å²) in [4.78, 5) is 11.1. The Hall–Kier alpha value is -1.05. The Morgan fingerprint density at radius 1 is 1.00 bits per heavy atom. The van der Waals surface area contributed by atoms with E-state index < -0.39 is 0 Å². The maximum absolute atomic E-state index is 11.1. The van der Waals surface area contributed by atoms with Gasteiger partial charge in [-0.05, 0) is 32.6 Å². The van der Waals surface area contributed by atoms with Crippen LogP contribution in [0.3, 0.4) is 0 Å². The molecule has 0 unspecified atom stereocenters. The van der Waals surface area contributed by atoms with E-state index in [0.717, 1.165) is 12.8 Å². The van der Waals surface area contributed by atoms with Crippen LogP contribution in [0, 0.1) is 0 Å². The SMILES string of the molecule is C=C(C)C(=O)OCCCCCCC/C=C/CCCC. The van der Waals surface area contributed by atoms with E-state index >= 15 is 0 Å². The first-order chi connectivity index (χ1) is 9.18. The maximum atomic E-state index is 11.1. The van der Waals surface area contributed by atoms with Gasteiger partial charge in [0.2, 0.25) is 0 Å². The molecule has 0 aromatic heterocycles. The van der Waals surface area contributed by atoms with Gasteiger partial charge in [-0.3, -0.25) is 0 Å². The first kappa shape index (κ1) is 17.9. The molecule has 0 N–H and O–H groups in total. The summed E-state index contributed by atoms with van der Waals surface area (Å²) in [6.07, 6.45) is 15.5. The first-order valence-electron chi connectivity index (χ1n) is 7.66. The molecule has 110 valence electrons. The zero-order valence-electron chi connectivity index (χ0n) is 12.7. The number of carbonyl (C=O) groups excluding carboxylic acids is 1. The monoisotopic (exact) mass is 266 g/mol. The number of ether oxygens (including phenoxy) is 1. The van der Waals surface area contributed by atoms with Crippen molar-refractivity contribution in [1.82, 2.24) is 0 Å². The van der Waals surface area contributed by atoms with Gasteiger partial charge in [0, 0.05) is 5.57 Å². The van der Waals surface area contributed by atoms with Crippen LogP contribution < -0.4 is 0 Å². The van der Waals surface area contributed by atoms with Gasteiger partial charge in [-0.15, -0.1) is 0 Å². The molecule has 2 nitrogen and oxygen atoms in total. The molecule has 0 heterocycles. The highest BCUT2D eigenvalue weighted by Crippen LogP contribution is 2.07. The summed E-state index contributed by atoms with van der Waals surface area (Å²) in [5, 5.41) is 0.